The predicted octanol–water partition coefficient (Wildman–Crippen LogP) is 0.474. The molecule has 0 spiro atoms. The lowest BCUT2D eigenvalue weighted by molar-refractivity contribution is -0.360. The number of esters is 2. The average molecular weight is 1110 g/mol. The Balaban J connectivity index is 0.857. The highest BCUT2D eigenvalue weighted by molar-refractivity contribution is 5.72. The smallest absolute Gasteiger partial charge is 0.309 e. The fourth-order valence-corrected chi connectivity index (χ4v) is 15.0. The summed E-state index contributed by atoms with van der Waals surface area (Å²) in [6.45, 7) is 13.3. The fraction of sp³-hybridized carbons (Fsp3) is 0.963. The normalized spacial score (nSPS) is 50.9. The standard InChI is InChI=1S/C54H90O23/c1-11-24(2)48(63)71-27(5)53(64)16-17-54(65)31-13-12-29-18-30(14-15-51(29,7)32(31)19-37(52(53,54)8)72-28(6)56)73-38-20-33(66-9)46(25(3)69-38)76-39-21-34(67-10)47(26(4)70-39)77-50-45(62)43(60)41(58)36(75-50)23-68-49-44(61)42(59)40(57)35(22-55)74-49/h24-27,29-47,49-50,55,57-62,64-65H,11-23H2,1-10H3. The van der Waals surface area contributed by atoms with E-state index >= 15 is 0 Å². The van der Waals surface area contributed by atoms with E-state index in [1.54, 1.807) is 27.9 Å². The molecule has 9 N–H and O–H groups in total. The number of methoxy groups -OCH3 is 2. The maximum absolute atomic E-state index is 13.1. The molecule has 29 unspecified atom stereocenters. The van der Waals surface area contributed by atoms with Crippen molar-refractivity contribution in [3.05, 3.63) is 0 Å². The second-order valence-corrected chi connectivity index (χ2v) is 24.1. The Labute approximate surface area is 451 Å². The van der Waals surface area contributed by atoms with Crippen molar-refractivity contribution in [2.45, 2.75) is 266 Å². The number of aliphatic hydroxyl groups is 9. The zero-order valence-electron chi connectivity index (χ0n) is 46.4. The van der Waals surface area contributed by atoms with Crippen LogP contribution in [-0.2, 0) is 66.4 Å². The van der Waals surface area contributed by atoms with Crippen LogP contribution >= 0.6 is 0 Å². The van der Waals surface area contributed by atoms with Crippen LogP contribution in [0.4, 0.5) is 0 Å². The lowest BCUT2D eigenvalue weighted by Gasteiger charge is -2.66. The first-order valence-corrected chi connectivity index (χ1v) is 28.1. The number of hydrogen-bond donors (Lipinski definition) is 9. The Hall–Kier alpha value is -1.82. The van der Waals surface area contributed by atoms with Gasteiger partial charge in [0.1, 0.15) is 78.8 Å². The molecule has 23 nitrogen and oxygen atoms in total. The zero-order chi connectivity index (χ0) is 56.3. The lowest BCUT2D eigenvalue weighted by Crippen LogP contribution is -2.72. The van der Waals surface area contributed by atoms with Crippen LogP contribution in [0.2, 0.25) is 0 Å². The molecular formula is C54H90O23. The summed E-state index contributed by atoms with van der Waals surface area (Å²) in [6, 6.07) is 0. The van der Waals surface area contributed by atoms with E-state index in [9.17, 15) is 55.5 Å². The number of rotatable bonds is 17. The van der Waals surface area contributed by atoms with E-state index in [1.807, 2.05) is 20.8 Å². The third kappa shape index (κ3) is 11.3. The summed E-state index contributed by atoms with van der Waals surface area (Å²) in [4.78, 5) is 25.8. The Morgan fingerprint density at radius 3 is 1.86 bits per heavy atom. The van der Waals surface area contributed by atoms with Crippen LogP contribution < -0.4 is 0 Å². The Morgan fingerprint density at radius 2 is 1.26 bits per heavy atom. The molecule has 444 valence electrons. The fourth-order valence-electron chi connectivity index (χ4n) is 15.0. The molecule has 8 rings (SSSR count). The van der Waals surface area contributed by atoms with E-state index in [-0.39, 0.29) is 54.5 Å². The second-order valence-electron chi connectivity index (χ2n) is 24.1. The molecule has 4 saturated carbocycles. The maximum Gasteiger partial charge on any atom is 0.309 e. The molecule has 0 bridgehead atoms. The first-order valence-electron chi connectivity index (χ1n) is 28.1. The summed E-state index contributed by atoms with van der Waals surface area (Å²) >= 11 is 0. The van der Waals surface area contributed by atoms with Gasteiger partial charge in [0.05, 0.1) is 60.7 Å². The zero-order valence-corrected chi connectivity index (χ0v) is 46.4. The highest BCUT2D eigenvalue weighted by Crippen LogP contribution is 2.71. The molecule has 23 heteroatoms. The quantitative estimate of drug-likeness (QED) is 0.0706. The number of hydrogen-bond acceptors (Lipinski definition) is 23. The van der Waals surface area contributed by atoms with Gasteiger partial charge in [-0.3, -0.25) is 9.59 Å². The summed E-state index contributed by atoms with van der Waals surface area (Å²) in [5.74, 6) is -1.23. The van der Waals surface area contributed by atoms with Gasteiger partial charge in [0, 0.05) is 34.0 Å². The summed E-state index contributed by atoms with van der Waals surface area (Å²) in [5.41, 5.74) is -4.56. The molecule has 4 aliphatic carbocycles. The van der Waals surface area contributed by atoms with Crippen molar-refractivity contribution in [3.63, 3.8) is 0 Å². The summed E-state index contributed by atoms with van der Waals surface area (Å²) in [7, 11) is 3.09. The molecule has 8 fully saturated rings. The van der Waals surface area contributed by atoms with E-state index < -0.39 is 165 Å². The van der Waals surface area contributed by atoms with Crippen molar-refractivity contribution < 1.29 is 112 Å². The maximum atomic E-state index is 13.1. The van der Waals surface area contributed by atoms with Gasteiger partial charge in [-0.2, -0.15) is 0 Å². The number of aliphatic hydroxyl groups excluding tert-OH is 7. The summed E-state index contributed by atoms with van der Waals surface area (Å²) < 4.78 is 73.2. The SMILES string of the molecule is CCC(C)C(=O)OC(C)C1(O)CCC2(O)C3CCC4CC(OC5CC(OC)C(OC6CC(OC)C(OC7OC(COC8OC(CO)C(O)C(O)C8O)C(O)C(O)C7O)C(C)O6)C(C)O5)CCC4(C)C3CC(OC(C)=O)C12C. The topological polar surface area (TPSA) is 327 Å². The highest BCUT2D eigenvalue weighted by atomic mass is 16.8. The molecule has 0 aromatic heterocycles. The van der Waals surface area contributed by atoms with Gasteiger partial charge in [-0.05, 0) is 102 Å². The number of carbonyl (C=O) groups is 2. The molecule has 4 saturated heterocycles. The van der Waals surface area contributed by atoms with E-state index in [2.05, 4.69) is 6.92 Å². The molecule has 77 heavy (non-hydrogen) atoms. The largest absolute Gasteiger partial charge is 0.462 e. The van der Waals surface area contributed by atoms with Gasteiger partial charge in [-0.15, -0.1) is 0 Å². The van der Waals surface area contributed by atoms with Gasteiger partial charge < -0.3 is 103 Å². The minimum Gasteiger partial charge on any atom is -0.462 e. The van der Waals surface area contributed by atoms with Gasteiger partial charge in [0.25, 0.3) is 0 Å². The average Bonchev–Trinajstić information content (AvgIpc) is 3.89. The van der Waals surface area contributed by atoms with Crippen LogP contribution in [0.3, 0.4) is 0 Å². The number of ether oxygens (including phenoxy) is 12. The lowest BCUT2D eigenvalue weighted by atomic mass is 9.42. The Morgan fingerprint density at radius 1 is 0.675 bits per heavy atom. The van der Waals surface area contributed by atoms with Gasteiger partial charge in [-0.1, -0.05) is 27.7 Å². The van der Waals surface area contributed by atoms with Crippen molar-refractivity contribution in [2.24, 2.45) is 34.5 Å². The molecule has 4 heterocycles. The van der Waals surface area contributed by atoms with Crippen molar-refractivity contribution in [2.75, 3.05) is 27.4 Å². The van der Waals surface area contributed by atoms with E-state index in [4.69, 9.17) is 56.8 Å². The van der Waals surface area contributed by atoms with Crippen LogP contribution in [0, 0.1) is 34.5 Å². The molecule has 29 atom stereocenters. The molecular weight excluding hydrogens is 1020 g/mol. The minimum atomic E-state index is -1.76. The van der Waals surface area contributed by atoms with E-state index in [0.717, 1.165) is 25.7 Å². The Kier molecular flexibility index (Phi) is 19.2. The first-order chi connectivity index (χ1) is 36.3. The molecule has 0 aromatic carbocycles. The summed E-state index contributed by atoms with van der Waals surface area (Å²) in [6.07, 6.45) is -17.1. The van der Waals surface area contributed by atoms with Crippen molar-refractivity contribution in [3.8, 4) is 0 Å². The van der Waals surface area contributed by atoms with Crippen LogP contribution in [0.15, 0.2) is 0 Å². The van der Waals surface area contributed by atoms with Crippen LogP contribution in [0.25, 0.3) is 0 Å². The molecule has 4 aliphatic heterocycles. The second kappa shape index (κ2) is 24.2. The van der Waals surface area contributed by atoms with Gasteiger partial charge in [0.15, 0.2) is 25.2 Å². The third-order valence-corrected chi connectivity index (χ3v) is 20.1. The van der Waals surface area contributed by atoms with Gasteiger partial charge in [0.2, 0.25) is 0 Å². The van der Waals surface area contributed by atoms with Crippen molar-refractivity contribution in [1.82, 2.24) is 0 Å². The summed E-state index contributed by atoms with van der Waals surface area (Å²) in [5, 5.41) is 98.6. The van der Waals surface area contributed by atoms with Crippen LogP contribution in [0.1, 0.15) is 126 Å². The van der Waals surface area contributed by atoms with Crippen molar-refractivity contribution in [1.29, 1.82) is 0 Å². The minimum absolute atomic E-state index is 0.0154. The Bertz CT molecular complexity index is 1990. The van der Waals surface area contributed by atoms with E-state index in [0.29, 0.717) is 25.7 Å². The number of fused-ring (bicyclic) bond motifs is 5. The monoisotopic (exact) mass is 1110 g/mol. The van der Waals surface area contributed by atoms with Gasteiger partial charge >= 0.3 is 11.9 Å². The van der Waals surface area contributed by atoms with Crippen molar-refractivity contribution >= 4 is 11.9 Å². The molecule has 0 aromatic rings. The number of carbonyl (C=O) groups excluding carboxylic acids is 2. The molecule has 0 radical (unpaired) electrons. The highest BCUT2D eigenvalue weighted by Gasteiger charge is 2.77. The van der Waals surface area contributed by atoms with E-state index in [1.165, 1.54) is 14.0 Å². The predicted molar refractivity (Wildman–Crippen MR) is 265 cm³/mol. The van der Waals surface area contributed by atoms with Crippen LogP contribution in [0.5, 0.6) is 0 Å². The first kappa shape index (κ1) is 61.3. The molecule has 0 amide bonds. The molecule has 8 aliphatic rings. The van der Waals surface area contributed by atoms with Crippen LogP contribution in [-0.4, -0.2) is 225 Å². The van der Waals surface area contributed by atoms with Gasteiger partial charge in [-0.25, -0.2) is 0 Å². The third-order valence-electron chi connectivity index (χ3n) is 20.1.